The molecule has 0 aliphatic carbocycles. The molecule has 0 aliphatic rings. The zero-order chi connectivity index (χ0) is 12.1. The van der Waals surface area contributed by atoms with Gasteiger partial charge in [0.05, 0.1) is 10.7 Å². The van der Waals surface area contributed by atoms with Gasteiger partial charge in [0.25, 0.3) is 0 Å². The van der Waals surface area contributed by atoms with Gasteiger partial charge in [-0.25, -0.2) is 4.98 Å². The van der Waals surface area contributed by atoms with Crippen LogP contribution in [-0.2, 0) is 11.2 Å². The lowest BCUT2D eigenvalue weighted by Crippen LogP contribution is -2.22. The molecule has 0 bridgehead atoms. The Hall–Kier alpha value is -1.75. The van der Waals surface area contributed by atoms with E-state index in [1.165, 1.54) is 6.92 Å². The van der Waals surface area contributed by atoms with Crippen molar-refractivity contribution in [1.29, 1.82) is 0 Å². The molecular weight excluding hydrogens is 234 g/mol. The Balaban J connectivity index is 1.99. The number of nitrogens with one attached hydrogen (secondary N) is 1. The van der Waals surface area contributed by atoms with Crippen molar-refractivity contribution < 1.29 is 4.79 Å². The molecule has 0 spiro atoms. The van der Waals surface area contributed by atoms with Crippen molar-refractivity contribution >= 4 is 17.2 Å². The average molecular weight is 247 g/mol. The monoisotopic (exact) mass is 247 g/mol. The Morgan fingerprint density at radius 1 is 1.41 bits per heavy atom. The molecule has 88 valence electrons. The second kappa shape index (κ2) is 5.54. The van der Waals surface area contributed by atoms with Crippen molar-refractivity contribution in [3.63, 3.8) is 0 Å². The van der Waals surface area contributed by atoms with E-state index in [0.29, 0.717) is 6.54 Å². The summed E-state index contributed by atoms with van der Waals surface area (Å²) in [6.45, 7) is 2.16. The number of thiazole rings is 1. The Labute approximate surface area is 104 Å². The third kappa shape index (κ3) is 3.35. The van der Waals surface area contributed by atoms with Crippen LogP contribution in [0.4, 0.5) is 0 Å². The summed E-state index contributed by atoms with van der Waals surface area (Å²) < 4.78 is 0. The molecule has 0 radical (unpaired) electrons. The van der Waals surface area contributed by atoms with Crippen molar-refractivity contribution in [2.24, 2.45) is 0 Å². The van der Waals surface area contributed by atoms with Crippen LogP contribution in [-0.4, -0.2) is 22.4 Å². The fraction of sp³-hybridized carbons (Fsp3) is 0.250. The third-order valence-corrected chi connectivity index (χ3v) is 3.15. The zero-order valence-electron chi connectivity index (χ0n) is 9.51. The first kappa shape index (κ1) is 11.7. The fourth-order valence-corrected chi connectivity index (χ4v) is 2.23. The maximum atomic E-state index is 10.7. The summed E-state index contributed by atoms with van der Waals surface area (Å²) in [5, 5.41) is 5.82. The van der Waals surface area contributed by atoms with Gasteiger partial charge in [-0.1, -0.05) is 0 Å². The number of pyridine rings is 1. The van der Waals surface area contributed by atoms with Crippen LogP contribution in [0.1, 0.15) is 11.9 Å². The maximum absolute atomic E-state index is 10.7. The molecule has 0 aromatic carbocycles. The van der Waals surface area contributed by atoms with Gasteiger partial charge < -0.3 is 5.32 Å². The van der Waals surface area contributed by atoms with Crippen LogP contribution in [0.25, 0.3) is 11.3 Å². The molecule has 0 aliphatic heterocycles. The van der Waals surface area contributed by atoms with Gasteiger partial charge in [-0.2, -0.15) is 0 Å². The highest BCUT2D eigenvalue weighted by Gasteiger charge is 2.04. The van der Waals surface area contributed by atoms with Gasteiger partial charge in [0.15, 0.2) is 0 Å². The molecule has 2 aromatic heterocycles. The highest BCUT2D eigenvalue weighted by Crippen LogP contribution is 2.21. The van der Waals surface area contributed by atoms with Crippen LogP contribution in [0.3, 0.4) is 0 Å². The number of carbonyl (C=O) groups excluding carboxylic acids is 1. The normalized spacial score (nSPS) is 10.2. The number of hydrogen-bond acceptors (Lipinski definition) is 4. The Bertz CT molecular complexity index is 495. The predicted molar refractivity (Wildman–Crippen MR) is 67.7 cm³/mol. The molecule has 2 rings (SSSR count). The Morgan fingerprint density at radius 3 is 2.88 bits per heavy atom. The van der Waals surface area contributed by atoms with Gasteiger partial charge in [-0.05, 0) is 12.1 Å². The van der Waals surface area contributed by atoms with Gasteiger partial charge in [-0.3, -0.25) is 9.78 Å². The molecule has 5 heteroatoms. The standard InChI is InChI=1S/C12H13N3OS/c1-9(16)14-7-4-12-15-11(8-17-12)10-2-5-13-6-3-10/h2-3,5-6,8H,4,7H2,1H3,(H,14,16). The maximum Gasteiger partial charge on any atom is 0.216 e. The lowest BCUT2D eigenvalue weighted by Gasteiger charge is -1.98. The minimum absolute atomic E-state index is 0.00378. The van der Waals surface area contributed by atoms with E-state index in [1.807, 2.05) is 17.5 Å². The number of hydrogen-bond donors (Lipinski definition) is 1. The van der Waals surface area contributed by atoms with Crippen molar-refractivity contribution in [2.75, 3.05) is 6.54 Å². The summed E-state index contributed by atoms with van der Waals surface area (Å²) in [4.78, 5) is 19.2. The summed E-state index contributed by atoms with van der Waals surface area (Å²) in [5.41, 5.74) is 2.04. The minimum Gasteiger partial charge on any atom is -0.356 e. The molecule has 0 fully saturated rings. The number of amides is 1. The quantitative estimate of drug-likeness (QED) is 0.897. The minimum atomic E-state index is -0.00378. The van der Waals surface area contributed by atoms with E-state index in [4.69, 9.17) is 0 Å². The van der Waals surface area contributed by atoms with Crippen LogP contribution < -0.4 is 5.32 Å². The van der Waals surface area contributed by atoms with E-state index in [-0.39, 0.29) is 5.91 Å². The van der Waals surface area contributed by atoms with Crippen molar-refractivity contribution in [2.45, 2.75) is 13.3 Å². The van der Waals surface area contributed by atoms with E-state index in [9.17, 15) is 4.79 Å². The second-order valence-corrected chi connectivity index (χ2v) is 4.54. The lowest BCUT2D eigenvalue weighted by atomic mass is 10.2. The second-order valence-electron chi connectivity index (χ2n) is 3.60. The molecule has 0 saturated heterocycles. The van der Waals surface area contributed by atoms with E-state index < -0.39 is 0 Å². The zero-order valence-corrected chi connectivity index (χ0v) is 10.3. The number of rotatable bonds is 4. The summed E-state index contributed by atoms with van der Waals surface area (Å²) in [6, 6.07) is 3.87. The molecule has 0 saturated carbocycles. The van der Waals surface area contributed by atoms with Crippen molar-refractivity contribution in [3.8, 4) is 11.3 Å². The largest absolute Gasteiger partial charge is 0.356 e. The number of carbonyl (C=O) groups is 1. The highest BCUT2D eigenvalue weighted by atomic mass is 32.1. The van der Waals surface area contributed by atoms with E-state index in [0.717, 1.165) is 22.7 Å². The SMILES string of the molecule is CC(=O)NCCc1nc(-c2ccncc2)cs1. The van der Waals surface area contributed by atoms with E-state index >= 15 is 0 Å². The predicted octanol–water partition coefficient (Wildman–Crippen LogP) is 1.88. The van der Waals surface area contributed by atoms with Gasteiger partial charge in [0.1, 0.15) is 0 Å². The Morgan fingerprint density at radius 2 is 2.18 bits per heavy atom. The molecule has 2 heterocycles. The summed E-state index contributed by atoms with van der Waals surface area (Å²) in [5.74, 6) is -0.00378. The molecule has 4 nitrogen and oxygen atoms in total. The summed E-state index contributed by atoms with van der Waals surface area (Å²) in [6.07, 6.45) is 4.28. The van der Waals surface area contributed by atoms with Gasteiger partial charge in [0.2, 0.25) is 5.91 Å². The number of nitrogens with zero attached hydrogens (tertiary/aromatic N) is 2. The molecular formula is C12H13N3OS. The third-order valence-electron chi connectivity index (χ3n) is 2.24. The average Bonchev–Trinajstić information content (AvgIpc) is 2.78. The molecule has 17 heavy (non-hydrogen) atoms. The van der Waals surface area contributed by atoms with Crippen molar-refractivity contribution in [1.82, 2.24) is 15.3 Å². The fourth-order valence-electron chi connectivity index (χ4n) is 1.43. The topological polar surface area (TPSA) is 54.9 Å². The smallest absolute Gasteiger partial charge is 0.216 e. The molecule has 1 amide bonds. The lowest BCUT2D eigenvalue weighted by molar-refractivity contribution is -0.118. The molecule has 0 unspecified atom stereocenters. The van der Waals surface area contributed by atoms with Crippen LogP contribution >= 0.6 is 11.3 Å². The molecule has 0 atom stereocenters. The first-order chi connectivity index (χ1) is 8.25. The van der Waals surface area contributed by atoms with E-state index in [1.54, 1.807) is 23.7 Å². The first-order valence-electron chi connectivity index (χ1n) is 5.35. The van der Waals surface area contributed by atoms with Crippen LogP contribution in [0.2, 0.25) is 0 Å². The van der Waals surface area contributed by atoms with Crippen LogP contribution in [0.15, 0.2) is 29.9 Å². The van der Waals surface area contributed by atoms with Gasteiger partial charge >= 0.3 is 0 Å². The van der Waals surface area contributed by atoms with Crippen LogP contribution in [0.5, 0.6) is 0 Å². The highest BCUT2D eigenvalue weighted by molar-refractivity contribution is 7.09. The first-order valence-corrected chi connectivity index (χ1v) is 6.23. The summed E-state index contributed by atoms with van der Waals surface area (Å²) >= 11 is 1.61. The van der Waals surface area contributed by atoms with Gasteiger partial charge in [0, 0.05) is 43.2 Å². The molecule has 2 aromatic rings. The molecule has 1 N–H and O–H groups in total. The Kier molecular flexibility index (Phi) is 3.82. The number of aromatic nitrogens is 2. The van der Waals surface area contributed by atoms with E-state index in [2.05, 4.69) is 15.3 Å². The van der Waals surface area contributed by atoms with Crippen LogP contribution in [0, 0.1) is 0 Å². The summed E-state index contributed by atoms with van der Waals surface area (Å²) in [7, 11) is 0. The van der Waals surface area contributed by atoms with Crippen molar-refractivity contribution in [3.05, 3.63) is 34.9 Å². The van der Waals surface area contributed by atoms with Gasteiger partial charge in [-0.15, -0.1) is 11.3 Å².